The number of hydrogen-bond acceptors (Lipinski definition) is 6. The number of benzene rings is 1. The second-order valence-electron chi connectivity index (χ2n) is 5.82. The molecule has 0 saturated carbocycles. The molecule has 7 nitrogen and oxygen atoms in total. The van der Waals surface area contributed by atoms with Gasteiger partial charge in [-0.2, -0.15) is 0 Å². The van der Waals surface area contributed by atoms with Crippen molar-refractivity contribution in [3.05, 3.63) is 46.2 Å². The van der Waals surface area contributed by atoms with E-state index in [-0.39, 0.29) is 6.42 Å². The molecule has 2 amide bonds. The Hall–Kier alpha value is -2.52. The summed E-state index contributed by atoms with van der Waals surface area (Å²) in [6.07, 6.45) is -0.0290. The maximum Gasteiger partial charge on any atom is 0.281 e. The number of halogens is 1. The van der Waals surface area contributed by atoms with E-state index in [1.165, 1.54) is 29.5 Å². The number of anilines is 1. The van der Waals surface area contributed by atoms with Crippen LogP contribution in [0.2, 0.25) is 0 Å². The van der Waals surface area contributed by atoms with E-state index in [1.54, 1.807) is 13.0 Å². The van der Waals surface area contributed by atoms with Crippen LogP contribution in [0.1, 0.15) is 20.9 Å². The summed E-state index contributed by atoms with van der Waals surface area (Å²) in [5, 5.41) is 0.766. The minimum absolute atomic E-state index is 0.0290. The molecule has 1 aliphatic heterocycles. The molecule has 26 heavy (non-hydrogen) atoms. The number of amides is 2. The number of thiazole rings is 1. The second-order valence-corrected chi connectivity index (χ2v) is 6.80. The van der Waals surface area contributed by atoms with Gasteiger partial charge in [0.25, 0.3) is 5.91 Å². The predicted molar refractivity (Wildman–Crippen MR) is 95.6 cm³/mol. The van der Waals surface area contributed by atoms with Gasteiger partial charge in [-0.25, -0.2) is 9.37 Å². The topological polar surface area (TPSA) is 83.6 Å². The van der Waals surface area contributed by atoms with Gasteiger partial charge in [-0.05, 0) is 24.6 Å². The zero-order valence-corrected chi connectivity index (χ0v) is 15.1. The Morgan fingerprint density at radius 1 is 1.31 bits per heavy atom. The van der Waals surface area contributed by atoms with Crippen LogP contribution in [-0.4, -0.2) is 43.1 Å². The van der Waals surface area contributed by atoms with Gasteiger partial charge in [0.05, 0.1) is 25.3 Å². The third-order valence-corrected chi connectivity index (χ3v) is 5.06. The highest BCUT2D eigenvalue weighted by Gasteiger charge is 2.20. The molecule has 1 saturated heterocycles. The predicted octanol–water partition coefficient (Wildman–Crippen LogP) is 1.43. The monoisotopic (exact) mass is 378 g/mol. The summed E-state index contributed by atoms with van der Waals surface area (Å²) in [5.41, 5.74) is 5.87. The summed E-state index contributed by atoms with van der Waals surface area (Å²) in [5.74, 6) is -1.26. The van der Waals surface area contributed by atoms with Crippen LogP contribution in [-0.2, 0) is 16.0 Å². The van der Waals surface area contributed by atoms with Crippen LogP contribution >= 0.6 is 11.3 Å². The molecular formula is C17H19FN4O3S. The summed E-state index contributed by atoms with van der Waals surface area (Å²) < 4.78 is 18.4. The highest BCUT2D eigenvalue weighted by Crippen LogP contribution is 2.26. The number of aromatic nitrogens is 1. The van der Waals surface area contributed by atoms with Crippen LogP contribution in [0, 0.1) is 12.7 Å². The largest absolute Gasteiger partial charge is 0.378 e. The van der Waals surface area contributed by atoms with E-state index in [1.807, 2.05) is 0 Å². The van der Waals surface area contributed by atoms with E-state index in [0.29, 0.717) is 29.3 Å². The zero-order valence-electron chi connectivity index (χ0n) is 14.3. The van der Waals surface area contributed by atoms with E-state index in [9.17, 15) is 14.0 Å². The van der Waals surface area contributed by atoms with E-state index in [4.69, 9.17) is 4.74 Å². The molecule has 2 heterocycles. The molecule has 0 aliphatic carbocycles. The molecule has 1 aliphatic rings. The molecule has 0 spiro atoms. The highest BCUT2D eigenvalue weighted by molar-refractivity contribution is 7.17. The van der Waals surface area contributed by atoms with Crippen molar-refractivity contribution in [2.24, 2.45) is 0 Å². The normalized spacial score (nSPS) is 14.2. The first-order valence-corrected chi connectivity index (χ1v) is 8.98. The lowest BCUT2D eigenvalue weighted by molar-refractivity contribution is -0.121. The van der Waals surface area contributed by atoms with Gasteiger partial charge in [-0.3, -0.25) is 20.4 Å². The number of carbonyl (C=O) groups is 2. The van der Waals surface area contributed by atoms with Crippen LogP contribution in [0.25, 0.3) is 0 Å². The number of aryl methyl sites for hydroxylation is 1. The summed E-state index contributed by atoms with van der Waals surface area (Å²) in [7, 11) is 0. The van der Waals surface area contributed by atoms with Crippen LogP contribution < -0.4 is 15.8 Å². The van der Waals surface area contributed by atoms with Crippen molar-refractivity contribution >= 4 is 28.3 Å². The maximum absolute atomic E-state index is 13.1. The van der Waals surface area contributed by atoms with Gasteiger partial charge >= 0.3 is 0 Å². The maximum atomic E-state index is 13.1. The Bertz CT molecular complexity index is 805. The Morgan fingerprint density at radius 2 is 2.08 bits per heavy atom. The molecule has 1 aromatic carbocycles. The average molecular weight is 378 g/mol. The van der Waals surface area contributed by atoms with Crippen molar-refractivity contribution in [2.45, 2.75) is 13.3 Å². The van der Waals surface area contributed by atoms with E-state index >= 15 is 0 Å². The lowest BCUT2D eigenvalue weighted by atomic mass is 10.1. The smallest absolute Gasteiger partial charge is 0.281 e. The molecule has 0 unspecified atom stereocenters. The van der Waals surface area contributed by atoms with Crippen molar-refractivity contribution in [3.8, 4) is 0 Å². The van der Waals surface area contributed by atoms with Crippen molar-refractivity contribution < 1.29 is 18.7 Å². The van der Waals surface area contributed by atoms with Crippen LogP contribution in [0.5, 0.6) is 0 Å². The third kappa shape index (κ3) is 4.55. The van der Waals surface area contributed by atoms with Gasteiger partial charge in [-0.1, -0.05) is 23.5 Å². The lowest BCUT2D eigenvalue weighted by Gasteiger charge is -2.25. The van der Waals surface area contributed by atoms with Crippen molar-refractivity contribution in [1.29, 1.82) is 0 Å². The van der Waals surface area contributed by atoms with E-state index in [0.717, 1.165) is 18.2 Å². The standard InChI is InChI=1S/C17H19FN4O3S/c1-11-15(26-17(19-11)22-5-7-25-8-6-22)16(24)21-20-14(23)10-12-3-2-4-13(18)9-12/h2-4,9H,5-8,10H2,1H3,(H,20,23)(H,21,24). The molecule has 3 rings (SSSR count). The number of nitrogens with zero attached hydrogens (tertiary/aromatic N) is 2. The van der Waals surface area contributed by atoms with Crippen LogP contribution in [0.3, 0.4) is 0 Å². The van der Waals surface area contributed by atoms with E-state index < -0.39 is 17.6 Å². The molecule has 9 heteroatoms. The molecule has 2 aromatic rings. The fourth-order valence-electron chi connectivity index (χ4n) is 2.54. The Kier molecular flexibility index (Phi) is 5.79. The Morgan fingerprint density at radius 3 is 2.81 bits per heavy atom. The molecule has 1 aromatic heterocycles. The van der Waals surface area contributed by atoms with Gasteiger partial charge in [0.15, 0.2) is 5.13 Å². The second kappa shape index (κ2) is 8.24. The van der Waals surface area contributed by atoms with Gasteiger partial charge in [0.1, 0.15) is 10.7 Å². The molecule has 0 bridgehead atoms. The first-order chi connectivity index (χ1) is 12.5. The molecule has 0 atom stereocenters. The number of carbonyl (C=O) groups excluding carboxylic acids is 2. The number of ether oxygens (including phenoxy) is 1. The van der Waals surface area contributed by atoms with Crippen LogP contribution in [0.4, 0.5) is 9.52 Å². The minimum atomic E-state index is -0.431. The van der Waals surface area contributed by atoms with Crippen molar-refractivity contribution in [1.82, 2.24) is 15.8 Å². The number of rotatable bonds is 4. The number of morpholine rings is 1. The van der Waals surface area contributed by atoms with Gasteiger partial charge in [0.2, 0.25) is 5.91 Å². The van der Waals surface area contributed by atoms with Crippen molar-refractivity contribution in [3.63, 3.8) is 0 Å². The molecule has 138 valence electrons. The average Bonchev–Trinajstić information content (AvgIpc) is 3.02. The van der Waals surface area contributed by atoms with Crippen LogP contribution in [0.15, 0.2) is 24.3 Å². The highest BCUT2D eigenvalue weighted by atomic mass is 32.1. The Labute approximate surface area is 154 Å². The SMILES string of the molecule is Cc1nc(N2CCOCC2)sc1C(=O)NNC(=O)Cc1cccc(F)c1. The summed E-state index contributed by atoms with van der Waals surface area (Å²) in [4.78, 5) is 31.2. The quantitative estimate of drug-likeness (QED) is 0.787. The first-order valence-electron chi connectivity index (χ1n) is 8.16. The third-order valence-electron chi connectivity index (χ3n) is 3.84. The van der Waals surface area contributed by atoms with Gasteiger partial charge in [-0.15, -0.1) is 0 Å². The molecule has 1 fully saturated rings. The number of hydrogen-bond donors (Lipinski definition) is 2. The zero-order chi connectivity index (χ0) is 18.5. The Balaban J connectivity index is 1.56. The number of nitrogens with one attached hydrogen (secondary N) is 2. The molecular weight excluding hydrogens is 359 g/mol. The van der Waals surface area contributed by atoms with Crippen molar-refractivity contribution in [2.75, 3.05) is 31.2 Å². The molecule has 0 radical (unpaired) electrons. The summed E-state index contributed by atoms with van der Waals surface area (Å²) >= 11 is 1.28. The fourth-order valence-corrected chi connectivity index (χ4v) is 3.56. The first kappa shape index (κ1) is 18.3. The fraction of sp³-hybridized carbons (Fsp3) is 0.353. The molecule has 2 N–H and O–H groups in total. The van der Waals surface area contributed by atoms with E-state index in [2.05, 4.69) is 20.7 Å². The minimum Gasteiger partial charge on any atom is -0.378 e. The van der Waals surface area contributed by atoms with Gasteiger partial charge < -0.3 is 9.64 Å². The number of hydrazine groups is 1. The summed E-state index contributed by atoms with van der Waals surface area (Å²) in [6, 6.07) is 5.77. The van der Waals surface area contributed by atoms with Gasteiger partial charge in [0, 0.05) is 13.1 Å². The summed E-state index contributed by atoms with van der Waals surface area (Å²) in [6.45, 7) is 4.49. The lowest BCUT2D eigenvalue weighted by Crippen LogP contribution is -2.42.